The molecule has 5 nitrogen and oxygen atoms in total. The standard InChI is InChI=1S/C25H26ClNO4/c26-21-8-7-18(14-19(21)24(29)30)16-3-5-17(6-4-16)20-15-25(20)9-11-27(12-10-25)23(28)22-2-1-13-31-22/h3-8,14,20,22H,1-2,9-13,15H2,(H,29,30)/t20-,22?/m0/s1. The summed E-state index contributed by atoms with van der Waals surface area (Å²) in [7, 11) is 0. The maximum atomic E-state index is 12.6. The Kier molecular flexibility index (Phi) is 5.27. The number of halogens is 1. The zero-order valence-electron chi connectivity index (χ0n) is 17.4. The molecule has 3 aliphatic rings. The minimum absolute atomic E-state index is 0.119. The van der Waals surface area contributed by atoms with E-state index in [4.69, 9.17) is 16.3 Å². The van der Waals surface area contributed by atoms with Crippen LogP contribution in [0, 0.1) is 5.41 Å². The van der Waals surface area contributed by atoms with E-state index in [9.17, 15) is 14.7 Å². The van der Waals surface area contributed by atoms with Crippen molar-refractivity contribution >= 4 is 23.5 Å². The van der Waals surface area contributed by atoms with E-state index in [0.717, 1.165) is 49.9 Å². The lowest BCUT2D eigenvalue weighted by molar-refractivity contribution is -0.142. The molecule has 1 unspecified atom stereocenters. The molecule has 0 aromatic heterocycles. The molecule has 0 bridgehead atoms. The fourth-order valence-electron chi connectivity index (χ4n) is 5.30. The molecule has 2 atom stereocenters. The summed E-state index contributed by atoms with van der Waals surface area (Å²) in [6.07, 6.45) is 4.91. The molecular formula is C25H26ClNO4. The average Bonchev–Trinajstić information content (AvgIpc) is 3.21. The molecule has 1 amide bonds. The van der Waals surface area contributed by atoms with Crippen LogP contribution in [0.5, 0.6) is 0 Å². The number of carbonyl (C=O) groups is 2. The first-order valence-electron chi connectivity index (χ1n) is 11.0. The lowest BCUT2D eigenvalue weighted by Crippen LogP contribution is -2.44. The van der Waals surface area contributed by atoms with Crippen LogP contribution in [0.15, 0.2) is 42.5 Å². The van der Waals surface area contributed by atoms with E-state index >= 15 is 0 Å². The Labute approximate surface area is 187 Å². The van der Waals surface area contributed by atoms with E-state index in [1.54, 1.807) is 12.1 Å². The van der Waals surface area contributed by atoms with Crippen LogP contribution >= 0.6 is 11.6 Å². The fourth-order valence-corrected chi connectivity index (χ4v) is 5.50. The van der Waals surface area contributed by atoms with Crippen molar-refractivity contribution in [2.45, 2.75) is 44.1 Å². The molecule has 2 aromatic carbocycles. The molecule has 6 heteroatoms. The van der Waals surface area contributed by atoms with Crippen LogP contribution in [0.4, 0.5) is 0 Å². The Morgan fingerprint density at radius 3 is 2.42 bits per heavy atom. The summed E-state index contributed by atoms with van der Waals surface area (Å²) in [5, 5.41) is 9.55. The van der Waals surface area contributed by atoms with Crippen molar-refractivity contribution in [3.05, 3.63) is 58.6 Å². The van der Waals surface area contributed by atoms with Crippen LogP contribution in [-0.2, 0) is 9.53 Å². The van der Waals surface area contributed by atoms with Gasteiger partial charge >= 0.3 is 5.97 Å². The van der Waals surface area contributed by atoms with Crippen molar-refractivity contribution in [2.24, 2.45) is 5.41 Å². The highest BCUT2D eigenvalue weighted by molar-refractivity contribution is 6.33. The number of hydrogen-bond donors (Lipinski definition) is 1. The van der Waals surface area contributed by atoms with Crippen LogP contribution < -0.4 is 0 Å². The Morgan fingerprint density at radius 1 is 1.06 bits per heavy atom. The van der Waals surface area contributed by atoms with Crippen LogP contribution in [0.3, 0.4) is 0 Å². The van der Waals surface area contributed by atoms with Gasteiger partial charge < -0.3 is 14.7 Å². The molecule has 2 aromatic rings. The monoisotopic (exact) mass is 439 g/mol. The number of carboxylic acid groups (broad SMARTS) is 1. The summed E-state index contributed by atoms with van der Waals surface area (Å²) in [5.74, 6) is -0.299. The number of hydrogen-bond acceptors (Lipinski definition) is 3. The molecule has 1 aliphatic carbocycles. The van der Waals surface area contributed by atoms with E-state index in [1.165, 1.54) is 12.0 Å². The molecular weight excluding hydrogens is 414 g/mol. The number of piperidine rings is 1. The average molecular weight is 440 g/mol. The first kappa shape index (κ1) is 20.5. The summed E-state index contributed by atoms with van der Waals surface area (Å²) >= 11 is 5.99. The highest BCUT2D eigenvalue weighted by atomic mass is 35.5. The summed E-state index contributed by atoms with van der Waals surface area (Å²) < 4.78 is 5.57. The van der Waals surface area contributed by atoms with Gasteiger partial charge in [-0.25, -0.2) is 4.79 Å². The molecule has 2 saturated heterocycles. The van der Waals surface area contributed by atoms with Crippen molar-refractivity contribution in [1.29, 1.82) is 0 Å². The third-order valence-electron chi connectivity index (χ3n) is 7.31. The minimum atomic E-state index is -1.02. The molecule has 2 heterocycles. The fraction of sp³-hybridized carbons (Fsp3) is 0.440. The Hall–Kier alpha value is -2.37. The molecule has 31 heavy (non-hydrogen) atoms. The van der Waals surface area contributed by atoms with Crippen LogP contribution in [-0.4, -0.2) is 47.7 Å². The highest BCUT2D eigenvalue weighted by Gasteiger charge is 2.55. The maximum absolute atomic E-state index is 12.6. The Balaban J connectivity index is 1.24. The van der Waals surface area contributed by atoms with Gasteiger partial charge in [0, 0.05) is 19.7 Å². The third kappa shape index (κ3) is 3.85. The lowest BCUT2D eigenvalue weighted by atomic mass is 9.88. The van der Waals surface area contributed by atoms with E-state index in [-0.39, 0.29) is 22.6 Å². The predicted octanol–water partition coefficient (Wildman–Crippen LogP) is 4.98. The first-order valence-corrected chi connectivity index (χ1v) is 11.4. The van der Waals surface area contributed by atoms with Gasteiger partial charge in [-0.1, -0.05) is 41.9 Å². The van der Waals surface area contributed by atoms with Gasteiger partial charge in [-0.15, -0.1) is 0 Å². The number of rotatable bonds is 4. The number of ether oxygens (including phenoxy) is 1. The van der Waals surface area contributed by atoms with E-state index in [1.807, 2.05) is 11.0 Å². The molecule has 1 spiro atoms. The van der Waals surface area contributed by atoms with Gasteiger partial charge in [0.1, 0.15) is 6.10 Å². The smallest absolute Gasteiger partial charge is 0.337 e. The molecule has 1 N–H and O–H groups in total. The van der Waals surface area contributed by atoms with Crippen molar-refractivity contribution in [2.75, 3.05) is 19.7 Å². The SMILES string of the molecule is O=C(O)c1cc(-c2ccc([C@@H]3CC34CCN(C(=O)C3CCCO3)CC4)cc2)ccc1Cl. The van der Waals surface area contributed by atoms with Crippen molar-refractivity contribution in [1.82, 2.24) is 4.90 Å². The third-order valence-corrected chi connectivity index (χ3v) is 7.64. The van der Waals surface area contributed by atoms with Gasteiger partial charge in [0.05, 0.1) is 10.6 Å². The van der Waals surface area contributed by atoms with Gasteiger partial charge in [0.25, 0.3) is 5.91 Å². The van der Waals surface area contributed by atoms with E-state index in [0.29, 0.717) is 17.9 Å². The van der Waals surface area contributed by atoms with Gasteiger partial charge in [0.2, 0.25) is 0 Å². The molecule has 1 saturated carbocycles. The largest absolute Gasteiger partial charge is 0.478 e. The predicted molar refractivity (Wildman–Crippen MR) is 118 cm³/mol. The zero-order valence-corrected chi connectivity index (χ0v) is 18.1. The molecule has 5 rings (SSSR count). The van der Waals surface area contributed by atoms with E-state index in [2.05, 4.69) is 24.3 Å². The molecule has 2 aliphatic heterocycles. The first-order chi connectivity index (χ1) is 15.0. The minimum Gasteiger partial charge on any atom is -0.478 e. The number of benzene rings is 2. The van der Waals surface area contributed by atoms with Gasteiger partial charge in [-0.05, 0) is 72.3 Å². The Bertz CT molecular complexity index is 1000. The quantitative estimate of drug-likeness (QED) is 0.729. The number of aromatic carboxylic acids is 1. The lowest BCUT2D eigenvalue weighted by Gasteiger charge is -2.34. The number of carbonyl (C=O) groups excluding carboxylic acids is 1. The number of carboxylic acids is 1. The summed E-state index contributed by atoms with van der Waals surface area (Å²) in [6, 6.07) is 13.6. The normalized spacial score (nSPS) is 24.4. The summed E-state index contributed by atoms with van der Waals surface area (Å²) in [4.78, 5) is 26.0. The van der Waals surface area contributed by atoms with Gasteiger partial charge in [-0.3, -0.25) is 4.79 Å². The molecule has 0 radical (unpaired) electrons. The maximum Gasteiger partial charge on any atom is 0.337 e. The second-order valence-corrected chi connectivity index (χ2v) is 9.48. The number of likely N-dealkylation sites (tertiary alicyclic amines) is 1. The van der Waals surface area contributed by atoms with Crippen LogP contribution in [0.1, 0.15) is 53.9 Å². The highest BCUT2D eigenvalue weighted by Crippen LogP contribution is 2.65. The second-order valence-electron chi connectivity index (χ2n) is 9.07. The zero-order chi connectivity index (χ0) is 21.6. The van der Waals surface area contributed by atoms with Gasteiger partial charge in [0.15, 0.2) is 0 Å². The summed E-state index contributed by atoms with van der Waals surface area (Å²) in [5.41, 5.74) is 3.60. The molecule has 3 fully saturated rings. The number of amides is 1. The number of nitrogens with zero attached hydrogens (tertiary/aromatic N) is 1. The van der Waals surface area contributed by atoms with Crippen molar-refractivity contribution in [3.8, 4) is 11.1 Å². The van der Waals surface area contributed by atoms with Crippen LogP contribution in [0.25, 0.3) is 11.1 Å². The molecule has 162 valence electrons. The second kappa shape index (κ2) is 7.95. The van der Waals surface area contributed by atoms with Crippen molar-refractivity contribution < 1.29 is 19.4 Å². The van der Waals surface area contributed by atoms with E-state index < -0.39 is 5.97 Å². The topological polar surface area (TPSA) is 66.8 Å². The van der Waals surface area contributed by atoms with Gasteiger partial charge in [-0.2, -0.15) is 0 Å². The van der Waals surface area contributed by atoms with Crippen molar-refractivity contribution in [3.63, 3.8) is 0 Å². The summed E-state index contributed by atoms with van der Waals surface area (Å²) in [6.45, 7) is 2.37. The van der Waals surface area contributed by atoms with Crippen LogP contribution in [0.2, 0.25) is 5.02 Å². The Morgan fingerprint density at radius 2 is 1.77 bits per heavy atom.